The van der Waals surface area contributed by atoms with E-state index in [2.05, 4.69) is 5.32 Å². The molecule has 30 heavy (non-hydrogen) atoms. The van der Waals surface area contributed by atoms with Crippen molar-refractivity contribution in [3.63, 3.8) is 0 Å². The van der Waals surface area contributed by atoms with Gasteiger partial charge in [0.1, 0.15) is 5.54 Å². The number of ketones is 1. The van der Waals surface area contributed by atoms with Gasteiger partial charge < -0.3 is 5.32 Å². The maximum absolute atomic E-state index is 13.9. The van der Waals surface area contributed by atoms with Crippen molar-refractivity contribution in [1.29, 1.82) is 0 Å². The summed E-state index contributed by atoms with van der Waals surface area (Å²) in [5.74, 6) is -0.904. The summed E-state index contributed by atoms with van der Waals surface area (Å²) in [4.78, 5) is 29.5. The zero-order chi connectivity index (χ0) is 20.9. The lowest BCUT2D eigenvalue weighted by Gasteiger charge is -2.35. The minimum atomic E-state index is -1.10. The summed E-state index contributed by atoms with van der Waals surface area (Å²) < 4.78 is 0. The Bertz CT molecular complexity index is 1130. The van der Waals surface area contributed by atoms with Gasteiger partial charge >= 0.3 is 0 Å². The van der Waals surface area contributed by atoms with E-state index in [0.29, 0.717) is 17.1 Å². The number of anilines is 1. The number of hydrogen-bond acceptors (Lipinski definition) is 3. The quantitative estimate of drug-likeness (QED) is 0.629. The number of nitrogens with one attached hydrogen (secondary N) is 1. The monoisotopic (exact) mass is 416 g/mol. The molecule has 4 nitrogen and oxygen atoms in total. The fourth-order valence-corrected chi connectivity index (χ4v) is 5.37. The van der Waals surface area contributed by atoms with E-state index in [1.165, 1.54) is 0 Å². The van der Waals surface area contributed by atoms with Crippen LogP contribution in [0.5, 0.6) is 0 Å². The van der Waals surface area contributed by atoms with Crippen LogP contribution in [0.1, 0.15) is 27.4 Å². The van der Waals surface area contributed by atoms with Crippen molar-refractivity contribution >= 4 is 29.0 Å². The Morgan fingerprint density at radius 2 is 1.70 bits per heavy atom. The van der Waals surface area contributed by atoms with Gasteiger partial charge in [0.15, 0.2) is 5.78 Å². The van der Waals surface area contributed by atoms with E-state index in [-0.39, 0.29) is 17.6 Å². The van der Waals surface area contributed by atoms with Crippen molar-refractivity contribution in [2.75, 3.05) is 18.9 Å². The summed E-state index contributed by atoms with van der Waals surface area (Å²) in [5, 5.41) is 3.55. The predicted molar refractivity (Wildman–Crippen MR) is 118 cm³/mol. The molecule has 5 heteroatoms. The number of likely N-dealkylation sites (N-methyl/N-ethyl adjacent to an activating group) is 1. The number of carbonyl (C=O) groups is 2. The lowest BCUT2D eigenvalue weighted by Crippen LogP contribution is -2.51. The van der Waals surface area contributed by atoms with Crippen LogP contribution in [0.15, 0.2) is 78.9 Å². The number of hydrogen-bond donors (Lipinski definition) is 1. The van der Waals surface area contributed by atoms with Gasteiger partial charge in [-0.1, -0.05) is 72.3 Å². The molecule has 0 unspecified atom stereocenters. The van der Waals surface area contributed by atoms with E-state index in [1.54, 1.807) is 6.07 Å². The Morgan fingerprint density at radius 3 is 2.40 bits per heavy atom. The van der Waals surface area contributed by atoms with Crippen LogP contribution < -0.4 is 5.32 Å². The summed E-state index contributed by atoms with van der Waals surface area (Å²) in [6.45, 7) is 0.590. The van der Waals surface area contributed by atoms with Crippen molar-refractivity contribution in [2.45, 2.75) is 11.5 Å². The van der Waals surface area contributed by atoms with E-state index in [4.69, 9.17) is 11.6 Å². The maximum atomic E-state index is 13.9. The highest BCUT2D eigenvalue weighted by atomic mass is 35.5. The molecular formula is C25H21ClN2O2. The van der Waals surface area contributed by atoms with Gasteiger partial charge in [-0.05, 0) is 30.8 Å². The van der Waals surface area contributed by atoms with Crippen molar-refractivity contribution in [3.8, 4) is 0 Å². The molecule has 1 spiro atoms. The van der Waals surface area contributed by atoms with Crippen LogP contribution >= 0.6 is 11.6 Å². The molecule has 1 saturated heterocycles. The van der Waals surface area contributed by atoms with Gasteiger partial charge in [-0.25, -0.2) is 0 Å². The predicted octanol–water partition coefficient (Wildman–Crippen LogP) is 4.72. The number of amides is 1. The molecule has 2 heterocycles. The molecule has 150 valence electrons. The fraction of sp³-hybridized carbons (Fsp3) is 0.200. The summed E-state index contributed by atoms with van der Waals surface area (Å²) >= 11 is 6.34. The number of likely N-dealkylation sites (tertiary alicyclic amines) is 1. The first-order valence-electron chi connectivity index (χ1n) is 10.0. The highest BCUT2D eigenvalue weighted by molar-refractivity contribution is 6.31. The largest absolute Gasteiger partial charge is 0.324 e. The Morgan fingerprint density at radius 1 is 1.03 bits per heavy atom. The van der Waals surface area contributed by atoms with Gasteiger partial charge in [-0.3, -0.25) is 14.5 Å². The topological polar surface area (TPSA) is 49.4 Å². The molecular weight excluding hydrogens is 396 g/mol. The van der Waals surface area contributed by atoms with Crippen molar-refractivity contribution in [3.05, 3.63) is 101 Å². The Kier molecular flexibility index (Phi) is 4.49. The number of rotatable bonds is 3. The molecule has 1 amide bonds. The van der Waals surface area contributed by atoms with E-state index in [1.807, 2.05) is 84.7 Å². The Balaban J connectivity index is 1.75. The third-order valence-corrected chi connectivity index (χ3v) is 6.72. The van der Waals surface area contributed by atoms with Gasteiger partial charge in [0.05, 0.1) is 5.92 Å². The van der Waals surface area contributed by atoms with Gasteiger partial charge in [0.2, 0.25) is 5.91 Å². The van der Waals surface area contributed by atoms with E-state index < -0.39 is 11.5 Å². The molecule has 0 bridgehead atoms. The van der Waals surface area contributed by atoms with E-state index in [9.17, 15) is 9.59 Å². The second-order valence-electron chi connectivity index (χ2n) is 8.02. The maximum Gasteiger partial charge on any atom is 0.250 e. The lowest BCUT2D eigenvalue weighted by molar-refractivity contribution is -0.126. The zero-order valence-corrected chi connectivity index (χ0v) is 17.3. The Labute approximate surface area is 180 Å². The SMILES string of the molecule is CN1C[C@H](c2ccccc2)[C@@H](C(=O)c2ccccc2)[C@@]12C(=O)Nc1ccc(Cl)cc12. The lowest BCUT2D eigenvalue weighted by atomic mass is 9.70. The molecule has 2 aliphatic rings. The summed E-state index contributed by atoms with van der Waals surface area (Å²) in [5.41, 5.74) is 2.06. The standard InChI is InChI=1S/C25H21ClN2O2/c1-28-15-19(16-8-4-2-5-9-16)22(23(29)17-10-6-3-7-11-17)25(28)20-14-18(26)12-13-21(20)27-24(25)30/h2-14,19,22H,15H2,1H3,(H,27,30)/t19-,22+,25+/m1/s1. The number of carbonyl (C=O) groups excluding carboxylic acids is 2. The first-order chi connectivity index (χ1) is 14.5. The molecule has 2 aliphatic heterocycles. The van der Waals surface area contributed by atoms with E-state index in [0.717, 1.165) is 16.8 Å². The Hall–Kier alpha value is -2.95. The van der Waals surface area contributed by atoms with Crippen LogP contribution in [0.3, 0.4) is 0 Å². The molecule has 1 fully saturated rings. The summed E-state index contributed by atoms with van der Waals surface area (Å²) in [6.07, 6.45) is 0. The highest BCUT2D eigenvalue weighted by Gasteiger charge is 2.64. The molecule has 0 aromatic heterocycles. The van der Waals surface area contributed by atoms with Gasteiger partial charge in [0, 0.05) is 34.3 Å². The van der Waals surface area contributed by atoms with Crippen LogP contribution in [0.25, 0.3) is 0 Å². The summed E-state index contributed by atoms with van der Waals surface area (Å²) in [7, 11) is 1.92. The van der Waals surface area contributed by atoms with E-state index >= 15 is 0 Å². The van der Waals surface area contributed by atoms with Gasteiger partial charge in [-0.2, -0.15) is 0 Å². The third kappa shape index (κ3) is 2.64. The number of halogens is 1. The first kappa shape index (κ1) is 19.0. The van der Waals surface area contributed by atoms with Crippen LogP contribution in [-0.4, -0.2) is 30.2 Å². The van der Waals surface area contributed by atoms with Crippen LogP contribution in [0.2, 0.25) is 5.02 Å². The molecule has 5 rings (SSSR count). The number of benzene rings is 3. The second kappa shape index (κ2) is 7.08. The van der Waals surface area contributed by atoms with Crippen molar-refractivity contribution < 1.29 is 9.59 Å². The average molecular weight is 417 g/mol. The van der Waals surface area contributed by atoms with Gasteiger partial charge in [-0.15, -0.1) is 0 Å². The van der Waals surface area contributed by atoms with Gasteiger partial charge in [0.25, 0.3) is 0 Å². The highest BCUT2D eigenvalue weighted by Crippen LogP contribution is 2.55. The van der Waals surface area contributed by atoms with Crippen LogP contribution in [-0.2, 0) is 10.3 Å². The molecule has 1 N–H and O–H groups in total. The second-order valence-corrected chi connectivity index (χ2v) is 8.45. The smallest absolute Gasteiger partial charge is 0.250 e. The molecule has 3 aromatic carbocycles. The zero-order valence-electron chi connectivity index (χ0n) is 16.5. The first-order valence-corrected chi connectivity index (χ1v) is 10.4. The number of fused-ring (bicyclic) bond motifs is 2. The molecule has 3 atom stereocenters. The molecule has 0 radical (unpaired) electrons. The average Bonchev–Trinajstić information content (AvgIpc) is 3.24. The summed E-state index contributed by atoms with van der Waals surface area (Å²) in [6, 6.07) is 24.6. The minimum absolute atomic E-state index is 0.0308. The fourth-order valence-electron chi connectivity index (χ4n) is 5.19. The molecule has 0 aliphatic carbocycles. The third-order valence-electron chi connectivity index (χ3n) is 6.48. The number of nitrogens with zero attached hydrogens (tertiary/aromatic N) is 1. The molecule has 0 saturated carbocycles. The number of Topliss-reactive ketones (excluding diaryl/α,β-unsaturated/α-hetero) is 1. The van der Waals surface area contributed by atoms with Crippen molar-refractivity contribution in [1.82, 2.24) is 4.90 Å². The van der Waals surface area contributed by atoms with Crippen molar-refractivity contribution in [2.24, 2.45) is 5.92 Å². The minimum Gasteiger partial charge on any atom is -0.324 e. The van der Waals surface area contributed by atoms with Crippen LogP contribution in [0.4, 0.5) is 5.69 Å². The normalized spacial score (nSPS) is 25.3. The van der Waals surface area contributed by atoms with Crippen LogP contribution in [0, 0.1) is 5.92 Å². The molecule has 3 aromatic rings.